The lowest BCUT2D eigenvalue weighted by atomic mass is 10.0. The highest BCUT2D eigenvalue weighted by atomic mass is 16.1. The van der Waals surface area contributed by atoms with Gasteiger partial charge in [0.15, 0.2) is 0 Å². The summed E-state index contributed by atoms with van der Waals surface area (Å²) in [7, 11) is 3.96. The number of amides is 1. The van der Waals surface area contributed by atoms with Crippen molar-refractivity contribution >= 4 is 5.91 Å². The minimum Gasteiger partial charge on any atom is -0.353 e. The monoisotopic (exact) mass is 213 g/mol. The highest BCUT2D eigenvalue weighted by Gasteiger charge is 2.26. The van der Waals surface area contributed by atoms with Gasteiger partial charge in [-0.2, -0.15) is 0 Å². The molecule has 4 heteroatoms. The molecule has 15 heavy (non-hydrogen) atoms. The van der Waals surface area contributed by atoms with Crippen molar-refractivity contribution in [3.63, 3.8) is 0 Å². The Kier molecular flexibility index (Phi) is 5.05. The fraction of sp³-hybridized carbons (Fsp3) is 0.909. The smallest absolute Gasteiger partial charge is 0.221 e. The Morgan fingerprint density at radius 1 is 1.47 bits per heavy atom. The molecule has 0 aliphatic heterocycles. The topological polar surface area (TPSA) is 58.4 Å². The number of hydrogen-bond donors (Lipinski definition) is 2. The lowest BCUT2D eigenvalue weighted by molar-refractivity contribution is -0.122. The Balaban J connectivity index is 2.24. The summed E-state index contributed by atoms with van der Waals surface area (Å²) >= 11 is 0. The van der Waals surface area contributed by atoms with Crippen molar-refractivity contribution in [2.45, 2.75) is 31.7 Å². The average Bonchev–Trinajstić information content (AvgIpc) is 2.62. The van der Waals surface area contributed by atoms with E-state index in [9.17, 15) is 4.79 Å². The van der Waals surface area contributed by atoms with Crippen molar-refractivity contribution in [3.8, 4) is 0 Å². The Labute approximate surface area is 92.2 Å². The predicted octanol–water partition coefficient (Wildman–Crippen LogP) is 0.182. The second kappa shape index (κ2) is 6.08. The largest absolute Gasteiger partial charge is 0.353 e. The predicted molar refractivity (Wildman–Crippen MR) is 61.5 cm³/mol. The summed E-state index contributed by atoms with van der Waals surface area (Å²) in [5.74, 6) is 0.655. The first-order valence-electron chi connectivity index (χ1n) is 5.77. The molecular weight excluding hydrogens is 190 g/mol. The van der Waals surface area contributed by atoms with Gasteiger partial charge in [0.1, 0.15) is 0 Å². The van der Waals surface area contributed by atoms with Crippen LogP contribution in [-0.2, 0) is 4.79 Å². The molecule has 0 radical (unpaired) electrons. The minimum atomic E-state index is 0.161. The zero-order valence-electron chi connectivity index (χ0n) is 9.83. The molecule has 1 rings (SSSR count). The SMILES string of the molecule is CN(C)CCC(=O)NC1CCCC1CN. The van der Waals surface area contributed by atoms with Gasteiger partial charge in [-0.1, -0.05) is 6.42 Å². The van der Waals surface area contributed by atoms with Gasteiger partial charge in [0, 0.05) is 19.0 Å². The Morgan fingerprint density at radius 3 is 2.80 bits per heavy atom. The molecule has 0 bridgehead atoms. The van der Waals surface area contributed by atoms with Crippen LogP contribution in [0.4, 0.5) is 0 Å². The van der Waals surface area contributed by atoms with Crippen LogP contribution in [-0.4, -0.2) is 44.0 Å². The van der Waals surface area contributed by atoms with E-state index < -0.39 is 0 Å². The van der Waals surface area contributed by atoms with Crippen molar-refractivity contribution < 1.29 is 4.79 Å². The third kappa shape index (κ3) is 4.18. The van der Waals surface area contributed by atoms with Crippen molar-refractivity contribution in [2.75, 3.05) is 27.2 Å². The summed E-state index contributed by atoms with van der Waals surface area (Å²) in [6, 6.07) is 0.324. The van der Waals surface area contributed by atoms with E-state index in [-0.39, 0.29) is 5.91 Å². The van der Waals surface area contributed by atoms with Gasteiger partial charge in [-0.05, 0) is 39.4 Å². The number of carbonyl (C=O) groups is 1. The number of nitrogens with two attached hydrogens (primary N) is 1. The number of rotatable bonds is 5. The molecule has 4 nitrogen and oxygen atoms in total. The molecule has 1 aliphatic rings. The number of carbonyl (C=O) groups excluding carboxylic acids is 1. The molecule has 0 aromatic heterocycles. The van der Waals surface area contributed by atoms with E-state index in [0.29, 0.717) is 24.9 Å². The molecule has 0 aromatic rings. The van der Waals surface area contributed by atoms with E-state index >= 15 is 0 Å². The van der Waals surface area contributed by atoms with Crippen molar-refractivity contribution in [3.05, 3.63) is 0 Å². The summed E-state index contributed by atoms with van der Waals surface area (Å²) in [6.07, 6.45) is 4.03. The van der Waals surface area contributed by atoms with Crippen molar-refractivity contribution in [1.82, 2.24) is 10.2 Å². The number of nitrogens with one attached hydrogen (secondary N) is 1. The quantitative estimate of drug-likeness (QED) is 0.685. The maximum atomic E-state index is 11.6. The van der Waals surface area contributed by atoms with E-state index in [1.807, 2.05) is 19.0 Å². The van der Waals surface area contributed by atoms with Gasteiger partial charge in [-0.3, -0.25) is 4.79 Å². The van der Waals surface area contributed by atoms with Crippen LogP contribution in [0.2, 0.25) is 0 Å². The van der Waals surface area contributed by atoms with E-state index in [1.54, 1.807) is 0 Å². The molecule has 1 fully saturated rings. The fourth-order valence-corrected chi connectivity index (χ4v) is 2.11. The Hall–Kier alpha value is -0.610. The number of hydrogen-bond acceptors (Lipinski definition) is 3. The molecule has 0 spiro atoms. The molecule has 1 saturated carbocycles. The van der Waals surface area contributed by atoms with Crippen molar-refractivity contribution in [2.24, 2.45) is 11.7 Å². The second-order valence-electron chi connectivity index (χ2n) is 4.65. The summed E-state index contributed by atoms with van der Waals surface area (Å²) < 4.78 is 0. The van der Waals surface area contributed by atoms with Crippen LogP contribution in [0, 0.1) is 5.92 Å². The van der Waals surface area contributed by atoms with Gasteiger partial charge in [0.2, 0.25) is 5.91 Å². The van der Waals surface area contributed by atoms with Crippen LogP contribution in [0.15, 0.2) is 0 Å². The van der Waals surface area contributed by atoms with E-state index in [2.05, 4.69) is 5.32 Å². The molecular formula is C11H23N3O. The molecule has 2 unspecified atom stereocenters. The normalized spacial score (nSPS) is 25.9. The van der Waals surface area contributed by atoms with E-state index in [0.717, 1.165) is 19.4 Å². The van der Waals surface area contributed by atoms with Crippen molar-refractivity contribution in [1.29, 1.82) is 0 Å². The Bertz CT molecular complexity index is 206. The van der Waals surface area contributed by atoms with Crippen LogP contribution >= 0.6 is 0 Å². The highest BCUT2D eigenvalue weighted by Crippen LogP contribution is 2.24. The first kappa shape index (κ1) is 12.5. The van der Waals surface area contributed by atoms with Crippen LogP contribution in [0.5, 0.6) is 0 Å². The summed E-state index contributed by atoms with van der Waals surface area (Å²) in [4.78, 5) is 13.6. The molecule has 1 amide bonds. The van der Waals surface area contributed by atoms with E-state index in [1.165, 1.54) is 6.42 Å². The highest BCUT2D eigenvalue weighted by molar-refractivity contribution is 5.76. The van der Waals surface area contributed by atoms with Crippen LogP contribution < -0.4 is 11.1 Å². The Morgan fingerprint density at radius 2 is 2.20 bits per heavy atom. The van der Waals surface area contributed by atoms with Gasteiger partial charge in [0.05, 0.1) is 0 Å². The zero-order chi connectivity index (χ0) is 11.3. The van der Waals surface area contributed by atoms with Crippen LogP contribution in [0.25, 0.3) is 0 Å². The summed E-state index contributed by atoms with van der Waals surface area (Å²) in [6.45, 7) is 1.50. The minimum absolute atomic E-state index is 0.161. The maximum absolute atomic E-state index is 11.6. The second-order valence-corrected chi connectivity index (χ2v) is 4.65. The first-order valence-corrected chi connectivity index (χ1v) is 5.77. The maximum Gasteiger partial charge on any atom is 0.221 e. The van der Waals surface area contributed by atoms with Gasteiger partial charge in [0.25, 0.3) is 0 Å². The van der Waals surface area contributed by atoms with Gasteiger partial charge in [-0.25, -0.2) is 0 Å². The fourth-order valence-electron chi connectivity index (χ4n) is 2.11. The van der Waals surface area contributed by atoms with E-state index in [4.69, 9.17) is 5.73 Å². The van der Waals surface area contributed by atoms with Crippen LogP contribution in [0.1, 0.15) is 25.7 Å². The van der Waals surface area contributed by atoms with Gasteiger partial charge < -0.3 is 16.0 Å². The lowest BCUT2D eigenvalue weighted by Crippen LogP contribution is -2.40. The third-order valence-corrected chi connectivity index (χ3v) is 3.09. The molecule has 0 heterocycles. The summed E-state index contributed by atoms with van der Waals surface area (Å²) in [5.41, 5.74) is 5.66. The zero-order valence-corrected chi connectivity index (χ0v) is 9.83. The molecule has 0 saturated heterocycles. The molecule has 2 atom stereocenters. The molecule has 88 valence electrons. The van der Waals surface area contributed by atoms with Gasteiger partial charge >= 0.3 is 0 Å². The van der Waals surface area contributed by atoms with Crippen LogP contribution in [0.3, 0.4) is 0 Å². The summed E-state index contributed by atoms with van der Waals surface area (Å²) in [5, 5.41) is 3.09. The molecule has 3 N–H and O–H groups in total. The third-order valence-electron chi connectivity index (χ3n) is 3.09. The lowest BCUT2D eigenvalue weighted by Gasteiger charge is -2.20. The molecule has 1 aliphatic carbocycles. The van der Waals surface area contributed by atoms with Gasteiger partial charge in [-0.15, -0.1) is 0 Å². The first-order chi connectivity index (χ1) is 7.13. The molecule has 0 aromatic carbocycles. The standard InChI is InChI=1S/C11H23N3O/c1-14(2)7-6-11(15)13-10-5-3-4-9(10)8-12/h9-10H,3-8,12H2,1-2H3,(H,13,15). The average molecular weight is 213 g/mol. The number of nitrogens with zero attached hydrogens (tertiary/aromatic N) is 1.